The zero-order valence-electron chi connectivity index (χ0n) is 14.2. The summed E-state index contributed by atoms with van der Waals surface area (Å²) in [6.45, 7) is 0.170. The smallest absolute Gasteiger partial charge is 0.274 e. The first kappa shape index (κ1) is 16.5. The average Bonchev–Trinajstić information content (AvgIpc) is 2.50. The number of nitro groups is 1. The van der Waals surface area contributed by atoms with E-state index in [0.717, 1.165) is 32.1 Å². The molecule has 4 bridgehead atoms. The lowest BCUT2D eigenvalue weighted by atomic mass is 9.47. The van der Waals surface area contributed by atoms with E-state index in [-0.39, 0.29) is 23.6 Å². The summed E-state index contributed by atoms with van der Waals surface area (Å²) in [5.74, 6) is 1.03. The Labute approximate surface area is 146 Å². The summed E-state index contributed by atoms with van der Waals surface area (Å²) in [5.41, 5.74) is -0.0920. The van der Waals surface area contributed by atoms with E-state index in [1.807, 2.05) is 0 Å². The number of aliphatic hydroxyl groups is 1. The Morgan fingerprint density at radius 3 is 2.56 bits per heavy atom. The topological polar surface area (TPSA) is 92.5 Å². The SMILES string of the molecule is O=C(CC12C[C@H]3C[C@@H](CC(O)(C3)C1)C2)NCc1ccccc1[N+](=O)[O-]. The van der Waals surface area contributed by atoms with Crippen LogP contribution in [0.3, 0.4) is 0 Å². The van der Waals surface area contributed by atoms with Gasteiger partial charge in [-0.05, 0) is 55.8 Å². The first-order valence-corrected chi connectivity index (χ1v) is 9.08. The summed E-state index contributed by atoms with van der Waals surface area (Å²) in [7, 11) is 0. The lowest BCUT2D eigenvalue weighted by Gasteiger charge is -2.60. The molecule has 6 heteroatoms. The van der Waals surface area contributed by atoms with Gasteiger partial charge in [-0.2, -0.15) is 0 Å². The Balaban J connectivity index is 1.41. The normalized spacial score (nSPS) is 35.6. The average molecular weight is 344 g/mol. The fraction of sp³-hybridized carbons (Fsp3) is 0.632. The minimum atomic E-state index is -0.567. The lowest BCUT2D eigenvalue weighted by molar-refractivity contribution is -0.385. The first-order chi connectivity index (χ1) is 11.9. The van der Waals surface area contributed by atoms with Crippen molar-refractivity contribution in [1.82, 2.24) is 5.32 Å². The van der Waals surface area contributed by atoms with Gasteiger partial charge in [0.15, 0.2) is 0 Å². The molecule has 1 amide bonds. The van der Waals surface area contributed by atoms with Gasteiger partial charge in [-0.25, -0.2) is 0 Å². The molecule has 1 aromatic rings. The molecule has 6 nitrogen and oxygen atoms in total. The van der Waals surface area contributed by atoms with Crippen LogP contribution in [-0.2, 0) is 11.3 Å². The third-order valence-electron chi connectivity index (χ3n) is 6.35. The highest BCUT2D eigenvalue weighted by atomic mass is 16.6. The largest absolute Gasteiger partial charge is 0.390 e. The number of amides is 1. The van der Waals surface area contributed by atoms with Crippen LogP contribution in [-0.4, -0.2) is 21.5 Å². The molecule has 0 radical (unpaired) electrons. The predicted molar refractivity (Wildman–Crippen MR) is 91.6 cm³/mol. The Kier molecular flexibility index (Phi) is 3.83. The molecule has 134 valence electrons. The zero-order valence-corrected chi connectivity index (χ0v) is 14.2. The van der Waals surface area contributed by atoms with Crippen LogP contribution in [0.1, 0.15) is 50.5 Å². The maximum atomic E-state index is 12.5. The van der Waals surface area contributed by atoms with Gasteiger partial charge >= 0.3 is 0 Å². The van der Waals surface area contributed by atoms with Crippen molar-refractivity contribution in [2.24, 2.45) is 17.3 Å². The van der Waals surface area contributed by atoms with Gasteiger partial charge in [0, 0.05) is 24.6 Å². The fourth-order valence-corrected chi connectivity index (χ4v) is 6.04. The molecular formula is C19H24N2O4. The summed E-state index contributed by atoms with van der Waals surface area (Å²) < 4.78 is 0. The van der Waals surface area contributed by atoms with E-state index >= 15 is 0 Å². The summed E-state index contributed by atoms with van der Waals surface area (Å²) >= 11 is 0. The number of nitrogens with zero attached hydrogens (tertiary/aromatic N) is 1. The number of hydrogen-bond acceptors (Lipinski definition) is 4. The molecule has 4 fully saturated rings. The highest BCUT2D eigenvalue weighted by Crippen LogP contribution is 2.62. The summed E-state index contributed by atoms with van der Waals surface area (Å²) in [4.78, 5) is 23.2. The second-order valence-corrected chi connectivity index (χ2v) is 8.52. The lowest BCUT2D eigenvalue weighted by Crippen LogP contribution is -2.56. The Morgan fingerprint density at radius 2 is 1.92 bits per heavy atom. The Hall–Kier alpha value is -1.95. The van der Waals surface area contributed by atoms with Crippen LogP contribution >= 0.6 is 0 Å². The molecular weight excluding hydrogens is 320 g/mol. The molecule has 2 atom stereocenters. The van der Waals surface area contributed by atoms with E-state index in [4.69, 9.17) is 0 Å². The van der Waals surface area contributed by atoms with Crippen molar-refractivity contribution < 1.29 is 14.8 Å². The van der Waals surface area contributed by atoms with Gasteiger partial charge in [-0.15, -0.1) is 0 Å². The molecule has 0 aromatic heterocycles. The number of carbonyl (C=O) groups excluding carboxylic acids is 1. The van der Waals surface area contributed by atoms with E-state index < -0.39 is 10.5 Å². The van der Waals surface area contributed by atoms with Crippen LogP contribution in [0.15, 0.2) is 24.3 Å². The second-order valence-electron chi connectivity index (χ2n) is 8.52. The number of benzene rings is 1. The van der Waals surface area contributed by atoms with Crippen LogP contribution in [0.4, 0.5) is 5.69 Å². The zero-order chi connectivity index (χ0) is 17.7. The molecule has 0 unspecified atom stereocenters. The number of rotatable bonds is 5. The van der Waals surface area contributed by atoms with Crippen molar-refractivity contribution in [3.8, 4) is 0 Å². The second kappa shape index (κ2) is 5.80. The molecule has 0 spiro atoms. The van der Waals surface area contributed by atoms with Crippen LogP contribution in [0.5, 0.6) is 0 Å². The van der Waals surface area contributed by atoms with Crippen LogP contribution in [0.25, 0.3) is 0 Å². The van der Waals surface area contributed by atoms with Crippen molar-refractivity contribution >= 4 is 11.6 Å². The van der Waals surface area contributed by atoms with Gasteiger partial charge in [0.25, 0.3) is 5.69 Å². The Morgan fingerprint density at radius 1 is 1.24 bits per heavy atom. The van der Waals surface area contributed by atoms with Crippen LogP contribution in [0, 0.1) is 27.4 Å². The molecule has 25 heavy (non-hydrogen) atoms. The molecule has 0 saturated heterocycles. The highest BCUT2D eigenvalue weighted by Gasteiger charge is 2.57. The standard InChI is InChI=1S/C19H24N2O4/c22-17(20-11-15-3-1-2-4-16(15)21(24)25)10-18-6-13-5-14(7-18)9-19(23,8-13)12-18/h1-4,13-14,23H,5-12H2,(H,20,22)/t13-,14-,18?,19?/m1/s1. The third kappa shape index (κ3) is 3.15. The number of carbonyl (C=O) groups is 1. The van der Waals surface area contributed by atoms with Gasteiger partial charge in [0.2, 0.25) is 5.91 Å². The van der Waals surface area contributed by atoms with Crippen molar-refractivity contribution in [3.05, 3.63) is 39.9 Å². The van der Waals surface area contributed by atoms with Gasteiger partial charge in [-0.3, -0.25) is 14.9 Å². The number of nitrogens with one attached hydrogen (secondary N) is 1. The number of nitro benzene ring substituents is 1. The van der Waals surface area contributed by atoms with Crippen molar-refractivity contribution in [2.75, 3.05) is 0 Å². The van der Waals surface area contributed by atoms with Gasteiger partial charge in [0.05, 0.1) is 10.5 Å². The summed E-state index contributed by atoms with van der Waals surface area (Å²) in [6.07, 6.45) is 6.19. The minimum absolute atomic E-state index is 0.0342. The van der Waals surface area contributed by atoms with Gasteiger partial charge in [-0.1, -0.05) is 18.2 Å². The van der Waals surface area contributed by atoms with Crippen molar-refractivity contribution in [3.63, 3.8) is 0 Å². The Bertz CT molecular complexity index is 703. The monoisotopic (exact) mass is 344 g/mol. The summed E-state index contributed by atoms with van der Waals surface area (Å²) in [5, 5.41) is 24.7. The molecule has 2 N–H and O–H groups in total. The van der Waals surface area contributed by atoms with Crippen LogP contribution in [0.2, 0.25) is 0 Å². The quantitative estimate of drug-likeness (QED) is 0.634. The molecule has 1 aromatic carbocycles. The predicted octanol–water partition coefficient (Wildman–Crippen LogP) is 2.93. The first-order valence-electron chi connectivity index (χ1n) is 9.08. The van der Waals surface area contributed by atoms with E-state index in [2.05, 4.69) is 5.32 Å². The minimum Gasteiger partial charge on any atom is -0.390 e. The number of hydrogen-bond donors (Lipinski definition) is 2. The van der Waals surface area contributed by atoms with Crippen molar-refractivity contribution in [2.45, 2.75) is 57.1 Å². The number of para-hydroxylation sites is 1. The molecule has 4 aliphatic carbocycles. The van der Waals surface area contributed by atoms with E-state index in [9.17, 15) is 20.0 Å². The van der Waals surface area contributed by atoms with E-state index in [1.165, 1.54) is 12.5 Å². The van der Waals surface area contributed by atoms with E-state index in [0.29, 0.717) is 23.8 Å². The molecule has 5 rings (SSSR count). The molecule has 4 aliphatic rings. The third-order valence-corrected chi connectivity index (χ3v) is 6.35. The molecule has 0 heterocycles. The molecule has 0 aliphatic heterocycles. The maximum absolute atomic E-state index is 12.5. The molecule has 4 saturated carbocycles. The fourth-order valence-electron chi connectivity index (χ4n) is 6.04. The summed E-state index contributed by atoms with van der Waals surface area (Å²) in [6, 6.07) is 6.49. The van der Waals surface area contributed by atoms with Gasteiger partial charge < -0.3 is 10.4 Å². The van der Waals surface area contributed by atoms with Gasteiger partial charge in [0.1, 0.15) is 0 Å². The highest BCUT2D eigenvalue weighted by molar-refractivity contribution is 5.77. The van der Waals surface area contributed by atoms with Crippen LogP contribution < -0.4 is 5.32 Å². The van der Waals surface area contributed by atoms with E-state index in [1.54, 1.807) is 18.2 Å². The van der Waals surface area contributed by atoms with Crippen molar-refractivity contribution in [1.29, 1.82) is 0 Å². The maximum Gasteiger partial charge on any atom is 0.274 e.